The van der Waals surface area contributed by atoms with Gasteiger partial charge in [-0.3, -0.25) is 0 Å². The first-order valence-electron chi connectivity index (χ1n) is 5.63. The molecule has 0 unspecified atom stereocenters. The number of methoxy groups -OCH3 is 1. The lowest BCUT2D eigenvalue weighted by Gasteiger charge is -2.11. The van der Waals surface area contributed by atoms with Crippen LogP contribution in [0.1, 0.15) is 24.0 Å². The van der Waals surface area contributed by atoms with Gasteiger partial charge in [0.25, 0.3) is 0 Å². The van der Waals surface area contributed by atoms with E-state index in [1.807, 2.05) is 26.0 Å². The molecule has 3 nitrogen and oxygen atoms in total. The summed E-state index contributed by atoms with van der Waals surface area (Å²) in [5, 5.41) is 0. The minimum Gasteiger partial charge on any atom is -0.493 e. The molecule has 0 amide bonds. The Kier molecular flexibility index (Phi) is 5.12. The van der Waals surface area contributed by atoms with Crippen molar-refractivity contribution in [2.45, 2.75) is 26.7 Å². The Bertz CT molecular complexity index is 337. The summed E-state index contributed by atoms with van der Waals surface area (Å²) in [4.78, 5) is 0. The Morgan fingerprint density at radius 3 is 2.44 bits per heavy atom. The fourth-order valence-corrected chi connectivity index (χ4v) is 1.50. The third-order valence-electron chi connectivity index (χ3n) is 2.56. The fraction of sp³-hybridized carbons (Fsp3) is 0.538. The van der Waals surface area contributed by atoms with Crippen LogP contribution in [0.4, 0.5) is 5.69 Å². The summed E-state index contributed by atoms with van der Waals surface area (Å²) in [5.41, 5.74) is 8.79. The average molecular weight is 223 g/mol. The van der Waals surface area contributed by atoms with E-state index in [9.17, 15) is 0 Å². The molecule has 90 valence electrons. The summed E-state index contributed by atoms with van der Waals surface area (Å²) in [6, 6.07) is 3.96. The lowest BCUT2D eigenvalue weighted by atomic mass is 10.1. The van der Waals surface area contributed by atoms with E-state index in [1.165, 1.54) is 0 Å². The van der Waals surface area contributed by atoms with Gasteiger partial charge in [-0.05, 0) is 49.9 Å². The molecule has 0 fully saturated rings. The molecule has 0 aliphatic rings. The second-order valence-electron chi connectivity index (χ2n) is 4.02. The van der Waals surface area contributed by atoms with E-state index in [2.05, 4.69) is 0 Å². The van der Waals surface area contributed by atoms with Crippen molar-refractivity contribution in [1.82, 2.24) is 0 Å². The molecular formula is C13H21NO2. The van der Waals surface area contributed by atoms with Gasteiger partial charge in [0, 0.05) is 19.4 Å². The Morgan fingerprint density at radius 1 is 1.06 bits per heavy atom. The second kappa shape index (κ2) is 6.38. The van der Waals surface area contributed by atoms with E-state index in [1.54, 1.807) is 7.11 Å². The number of hydrogen-bond acceptors (Lipinski definition) is 3. The normalized spacial score (nSPS) is 10.4. The first kappa shape index (κ1) is 12.8. The number of unbranched alkanes of at least 4 members (excludes halogenated alkanes) is 1. The predicted molar refractivity (Wildman–Crippen MR) is 66.9 cm³/mol. The summed E-state index contributed by atoms with van der Waals surface area (Å²) in [6.07, 6.45) is 2.04. The molecule has 0 saturated carbocycles. The number of ether oxygens (including phenoxy) is 2. The molecule has 0 bridgehead atoms. The zero-order chi connectivity index (χ0) is 12.0. The fourth-order valence-electron chi connectivity index (χ4n) is 1.50. The maximum atomic E-state index is 5.81. The molecule has 0 spiro atoms. The summed E-state index contributed by atoms with van der Waals surface area (Å²) in [5.74, 6) is 0.934. The van der Waals surface area contributed by atoms with Gasteiger partial charge in [-0.2, -0.15) is 0 Å². The largest absolute Gasteiger partial charge is 0.493 e. The van der Waals surface area contributed by atoms with Gasteiger partial charge in [-0.15, -0.1) is 0 Å². The maximum Gasteiger partial charge on any atom is 0.122 e. The highest BCUT2D eigenvalue weighted by molar-refractivity contribution is 5.53. The molecular weight excluding hydrogens is 202 g/mol. The summed E-state index contributed by atoms with van der Waals surface area (Å²) >= 11 is 0. The van der Waals surface area contributed by atoms with Crippen LogP contribution in [0, 0.1) is 13.8 Å². The van der Waals surface area contributed by atoms with Crippen molar-refractivity contribution >= 4 is 5.69 Å². The van der Waals surface area contributed by atoms with Gasteiger partial charge < -0.3 is 15.2 Å². The molecule has 1 aromatic carbocycles. The summed E-state index contributed by atoms with van der Waals surface area (Å²) < 4.78 is 10.7. The maximum absolute atomic E-state index is 5.81. The van der Waals surface area contributed by atoms with Crippen LogP contribution >= 0.6 is 0 Å². The molecule has 0 heterocycles. The first-order chi connectivity index (χ1) is 7.65. The molecule has 1 aromatic rings. The van der Waals surface area contributed by atoms with Gasteiger partial charge in [0.05, 0.1) is 6.61 Å². The van der Waals surface area contributed by atoms with E-state index >= 15 is 0 Å². The zero-order valence-corrected chi connectivity index (χ0v) is 10.4. The second-order valence-corrected chi connectivity index (χ2v) is 4.02. The molecule has 0 saturated heterocycles. The number of aryl methyl sites for hydroxylation is 2. The van der Waals surface area contributed by atoms with Crippen LogP contribution in [-0.4, -0.2) is 20.3 Å². The summed E-state index contributed by atoms with van der Waals surface area (Å²) in [6.45, 7) is 5.53. The Labute approximate surface area is 97.6 Å². The molecule has 16 heavy (non-hydrogen) atoms. The third kappa shape index (κ3) is 3.74. The molecule has 0 aliphatic carbocycles. The standard InChI is InChI=1S/C13H21NO2/c1-10-9-13(11(2)8-12(10)14)16-7-5-4-6-15-3/h8-9H,4-7,14H2,1-3H3. The number of anilines is 1. The molecule has 0 radical (unpaired) electrons. The van der Waals surface area contributed by atoms with Gasteiger partial charge in [0.2, 0.25) is 0 Å². The van der Waals surface area contributed by atoms with Gasteiger partial charge in [-0.1, -0.05) is 0 Å². The quantitative estimate of drug-likeness (QED) is 0.595. The number of nitrogen functional groups attached to an aromatic ring is 1. The number of hydrogen-bond donors (Lipinski definition) is 1. The van der Waals surface area contributed by atoms with Crippen molar-refractivity contribution in [3.8, 4) is 5.75 Å². The van der Waals surface area contributed by atoms with Crippen molar-refractivity contribution in [1.29, 1.82) is 0 Å². The lowest BCUT2D eigenvalue weighted by molar-refractivity contribution is 0.184. The van der Waals surface area contributed by atoms with Crippen LogP contribution in [0.15, 0.2) is 12.1 Å². The molecule has 2 N–H and O–H groups in total. The van der Waals surface area contributed by atoms with Crippen LogP contribution in [0.3, 0.4) is 0 Å². The van der Waals surface area contributed by atoms with E-state index in [4.69, 9.17) is 15.2 Å². The van der Waals surface area contributed by atoms with Gasteiger partial charge in [0.15, 0.2) is 0 Å². The Morgan fingerprint density at radius 2 is 1.75 bits per heavy atom. The minimum atomic E-state index is 0.730. The number of benzene rings is 1. The monoisotopic (exact) mass is 223 g/mol. The highest BCUT2D eigenvalue weighted by Crippen LogP contribution is 2.24. The smallest absolute Gasteiger partial charge is 0.122 e. The third-order valence-corrected chi connectivity index (χ3v) is 2.56. The predicted octanol–water partition coefficient (Wildman–Crippen LogP) is 2.69. The molecule has 3 heteroatoms. The molecule has 1 rings (SSSR count). The van der Waals surface area contributed by atoms with Crippen molar-refractivity contribution in [2.24, 2.45) is 0 Å². The van der Waals surface area contributed by atoms with Crippen molar-refractivity contribution in [2.75, 3.05) is 26.1 Å². The highest BCUT2D eigenvalue weighted by Gasteiger charge is 2.02. The number of rotatable bonds is 6. The average Bonchev–Trinajstić information content (AvgIpc) is 2.25. The van der Waals surface area contributed by atoms with Crippen molar-refractivity contribution < 1.29 is 9.47 Å². The van der Waals surface area contributed by atoms with Crippen LogP contribution in [-0.2, 0) is 4.74 Å². The van der Waals surface area contributed by atoms with Crippen LogP contribution in [0.25, 0.3) is 0 Å². The topological polar surface area (TPSA) is 44.5 Å². The molecule has 0 aromatic heterocycles. The van der Waals surface area contributed by atoms with Crippen LogP contribution in [0.5, 0.6) is 5.75 Å². The zero-order valence-electron chi connectivity index (χ0n) is 10.4. The van der Waals surface area contributed by atoms with E-state index < -0.39 is 0 Å². The lowest BCUT2D eigenvalue weighted by Crippen LogP contribution is -2.02. The summed E-state index contributed by atoms with van der Waals surface area (Å²) in [7, 11) is 1.72. The number of nitrogens with two attached hydrogens (primary N) is 1. The molecule has 0 atom stereocenters. The SMILES string of the molecule is COCCCCOc1cc(C)c(N)cc1C. The van der Waals surface area contributed by atoms with E-state index in [0.717, 1.165) is 48.6 Å². The minimum absolute atomic E-state index is 0.730. The highest BCUT2D eigenvalue weighted by atomic mass is 16.5. The van der Waals surface area contributed by atoms with Crippen molar-refractivity contribution in [3.63, 3.8) is 0 Å². The van der Waals surface area contributed by atoms with Gasteiger partial charge in [0.1, 0.15) is 5.75 Å². The Hall–Kier alpha value is -1.22. The molecule has 0 aliphatic heterocycles. The first-order valence-corrected chi connectivity index (χ1v) is 5.63. The van der Waals surface area contributed by atoms with Gasteiger partial charge >= 0.3 is 0 Å². The Balaban J connectivity index is 2.45. The van der Waals surface area contributed by atoms with Gasteiger partial charge in [-0.25, -0.2) is 0 Å². The van der Waals surface area contributed by atoms with E-state index in [-0.39, 0.29) is 0 Å². The van der Waals surface area contributed by atoms with Crippen LogP contribution < -0.4 is 10.5 Å². The van der Waals surface area contributed by atoms with Crippen molar-refractivity contribution in [3.05, 3.63) is 23.3 Å². The van der Waals surface area contributed by atoms with Crippen LogP contribution in [0.2, 0.25) is 0 Å². The van der Waals surface area contributed by atoms with E-state index in [0.29, 0.717) is 0 Å².